The van der Waals surface area contributed by atoms with Gasteiger partial charge in [0.1, 0.15) is 17.4 Å². The number of likely N-dealkylation sites (tertiary alicyclic amines) is 1. The maximum absolute atomic E-state index is 13.1. The molecule has 4 rings (SSSR count). The Morgan fingerprint density at radius 3 is 2.25 bits per heavy atom. The molecule has 0 bridgehead atoms. The van der Waals surface area contributed by atoms with Gasteiger partial charge in [-0.2, -0.15) is 13.2 Å². The van der Waals surface area contributed by atoms with Crippen molar-refractivity contribution in [2.75, 3.05) is 44.8 Å². The highest BCUT2D eigenvalue weighted by Gasteiger charge is 2.36. The second-order valence-electron chi connectivity index (χ2n) is 10.9. The number of aromatic nitrogens is 2. The van der Waals surface area contributed by atoms with Crippen LogP contribution in [0.25, 0.3) is 0 Å². The first-order chi connectivity index (χ1) is 20.8. The number of nitrogen functional groups attached to an aromatic ring is 2. The summed E-state index contributed by atoms with van der Waals surface area (Å²) in [4.78, 5) is 30.0. The van der Waals surface area contributed by atoms with Crippen LogP contribution in [0.1, 0.15) is 47.3 Å². The zero-order valence-corrected chi connectivity index (χ0v) is 25.2. The number of Topliss-reactive ketones (excluding diaryl/α,β-unsaturated/α-hetero) is 1. The Morgan fingerprint density at radius 1 is 1.00 bits per heavy atom. The molecule has 1 aliphatic heterocycles. The highest BCUT2D eigenvalue weighted by Crippen LogP contribution is 2.30. The van der Waals surface area contributed by atoms with E-state index in [1.807, 2.05) is 12.1 Å². The van der Waals surface area contributed by atoms with Crippen LogP contribution in [0.4, 0.5) is 24.8 Å². The number of alkyl halides is 3. The molecule has 238 valence electrons. The smallest absolute Gasteiger partial charge is 0.430 e. The van der Waals surface area contributed by atoms with Crippen LogP contribution in [-0.2, 0) is 17.6 Å². The second-order valence-corrected chi connectivity index (χ2v) is 11.3. The van der Waals surface area contributed by atoms with Crippen molar-refractivity contribution < 1.29 is 37.1 Å². The van der Waals surface area contributed by atoms with E-state index in [1.54, 1.807) is 7.11 Å². The molecule has 0 amide bonds. The van der Waals surface area contributed by atoms with E-state index in [9.17, 15) is 18.0 Å². The molecule has 0 radical (unpaired) electrons. The van der Waals surface area contributed by atoms with E-state index in [2.05, 4.69) is 52.4 Å². The van der Waals surface area contributed by atoms with Gasteiger partial charge in [-0.3, -0.25) is 4.79 Å². The van der Waals surface area contributed by atoms with Crippen LogP contribution in [0.5, 0.6) is 5.75 Å². The zero-order valence-electron chi connectivity index (χ0n) is 24.5. The van der Waals surface area contributed by atoms with Gasteiger partial charge in [0, 0.05) is 25.2 Å². The van der Waals surface area contributed by atoms with Gasteiger partial charge < -0.3 is 30.6 Å². The standard InChI is InChI=1S/C29H36ClN5O2.C2HF3O2/c1-37-24-13-11-22(12-14-24)9-5-16-35(18-15-21-7-3-2-4-8-21)17-6-10-23(20-35)19-25(36)26-28(31)34-29(32)27(30)33-26;3-2(4,5)1(6)7/h2-4,7-8,11-14,23H,5-6,9-10,15-20H2,1H3,(H3-,31,32,34,36);(H,6,7). The van der Waals surface area contributed by atoms with Crippen molar-refractivity contribution in [2.45, 2.75) is 44.7 Å². The minimum absolute atomic E-state index is 0.0210. The molecule has 44 heavy (non-hydrogen) atoms. The van der Waals surface area contributed by atoms with Gasteiger partial charge in [-0.15, -0.1) is 0 Å². The number of benzene rings is 2. The van der Waals surface area contributed by atoms with Crippen LogP contribution in [0, 0.1) is 5.92 Å². The number of aryl methyl sites for hydroxylation is 1. The number of carbonyl (C=O) groups is 2. The number of piperidine rings is 1. The van der Waals surface area contributed by atoms with Gasteiger partial charge in [-0.25, -0.2) is 9.97 Å². The molecular weight excluding hydrogens is 599 g/mol. The fourth-order valence-electron chi connectivity index (χ4n) is 5.56. The third-order valence-corrected chi connectivity index (χ3v) is 8.02. The summed E-state index contributed by atoms with van der Waals surface area (Å²) in [6, 6.07) is 19.0. The summed E-state index contributed by atoms with van der Waals surface area (Å²) in [7, 11) is 1.69. The monoisotopic (exact) mass is 635 g/mol. The van der Waals surface area contributed by atoms with Crippen molar-refractivity contribution in [2.24, 2.45) is 5.92 Å². The Hall–Kier alpha value is -3.90. The van der Waals surface area contributed by atoms with Crippen LogP contribution in [0.3, 0.4) is 0 Å². The quantitative estimate of drug-likeness (QED) is 0.235. The summed E-state index contributed by atoms with van der Waals surface area (Å²) in [5.74, 6) is -1.89. The highest BCUT2D eigenvalue weighted by atomic mass is 35.5. The van der Waals surface area contributed by atoms with E-state index < -0.39 is 12.1 Å². The van der Waals surface area contributed by atoms with Crippen molar-refractivity contribution in [3.63, 3.8) is 0 Å². The number of anilines is 2. The summed E-state index contributed by atoms with van der Waals surface area (Å²) in [6.07, 6.45) is 0.451. The molecule has 0 saturated carbocycles. The Bertz CT molecular complexity index is 1390. The number of methoxy groups -OCH3 is 1. The van der Waals surface area contributed by atoms with E-state index in [0.717, 1.165) is 68.5 Å². The number of ether oxygens (including phenoxy) is 1. The average Bonchev–Trinajstić information content (AvgIpc) is 2.99. The Labute approximate surface area is 259 Å². The number of carboxylic acid groups (broad SMARTS) is 1. The van der Waals surface area contributed by atoms with Crippen LogP contribution in [-0.4, -0.2) is 65.7 Å². The first-order valence-corrected chi connectivity index (χ1v) is 14.6. The molecule has 0 aliphatic carbocycles. The lowest BCUT2D eigenvalue weighted by atomic mass is 9.89. The summed E-state index contributed by atoms with van der Waals surface area (Å²) < 4.78 is 37.9. The van der Waals surface area contributed by atoms with E-state index in [0.29, 0.717) is 6.42 Å². The minimum atomic E-state index is -5.19. The number of hydrogen-bond donors (Lipinski definition) is 2. The fraction of sp³-hybridized carbons (Fsp3) is 0.419. The van der Waals surface area contributed by atoms with Gasteiger partial charge in [0.05, 0.1) is 33.3 Å². The van der Waals surface area contributed by atoms with Crippen molar-refractivity contribution >= 4 is 35.0 Å². The summed E-state index contributed by atoms with van der Waals surface area (Å²) >= 11 is 6.03. The number of hydrogen-bond acceptors (Lipinski definition) is 8. The molecule has 1 aliphatic rings. The molecule has 3 aromatic rings. The van der Waals surface area contributed by atoms with Gasteiger partial charge >= 0.3 is 6.18 Å². The van der Waals surface area contributed by atoms with Crippen molar-refractivity contribution in [3.05, 3.63) is 76.6 Å². The normalized spacial score (nSPS) is 18.2. The average molecular weight is 636 g/mol. The van der Waals surface area contributed by atoms with Crippen LogP contribution >= 0.6 is 11.6 Å². The van der Waals surface area contributed by atoms with Gasteiger partial charge in [-0.1, -0.05) is 54.1 Å². The first-order valence-electron chi connectivity index (χ1n) is 14.2. The lowest BCUT2D eigenvalue weighted by Crippen LogP contribution is -2.56. The van der Waals surface area contributed by atoms with Crippen LogP contribution < -0.4 is 21.3 Å². The Morgan fingerprint density at radius 2 is 1.64 bits per heavy atom. The molecule has 9 nitrogen and oxygen atoms in total. The summed E-state index contributed by atoms with van der Waals surface area (Å²) in [6.45, 7) is 4.25. The van der Waals surface area contributed by atoms with Gasteiger partial charge in [0.25, 0.3) is 0 Å². The van der Waals surface area contributed by atoms with Gasteiger partial charge in [-0.05, 0) is 42.5 Å². The van der Waals surface area contributed by atoms with Crippen LogP contribution in [0.2, 0.25) is 5.15 Å². The molecule has 2 unspecified atom stereocenters. The molecule has 1 fully saturated rings. The molecule has 13 heteroatoms. The number of carboxylic acids is 1. The summed E-state index contributed by atoms with van der Waals surface area (Å²) in [5, 5.41) is 8.81. The number of nitrogens with two attached hydrogens (primary N) is 2. The van der Waals surface area contributed by atoms with Crippen LogP contribution in [0.15, 0.2) is 54.6 Å². The number of rotatable bonds is 11. The third kappa shape index (κ3) is 10.4. The number of halogens is 4. The molecule has 2 atom stereocenters. The lowest BCUT2D eigenvalue weighted by Gasteiger charge is -2.45. The number of ketones is 1. The first kappa shape index (κ1) is 34.6. The number of quaternary nitrogens is 1. The molecule has 4 N–H and O–H groups in total. The Kier molecular flexibility index (Phi) is 12.4. The molecule has 1 saturated heterocycles. The van der Waals surface area contributed by atoms with Crippen molar-refractivity contribution in [3.8, 4) is 5.75 Å². The van der Waals surface area contributed by atoms with Crippen molar-refractivity contribution in [1.82, 2.24) is 9.97 Å². The molecular formula is C31H37ClF3N5O4. The zero-order chi connectivity index (χ0) is 32.3. The van der Waals surface area contributed by atoms with Gasteiger partial charge in [0.15, 0.2) is 22.6 Å². The lowest BCUT2D eigenvalue weighted by molar-refractivity contribution is -0.935. The third-order valence-electron chi connectivity index (χ3n) is 7.74. The van der Waals surface area contributed by atoms with Gasteiger partial charge in [0.2, 0.25) is 0 Å². The van der Waals surface area contributed by atoms with E-state index in [4.69, 9.17) is 37.7 Å². The van der Waals surface area contributed by atoms with E-state index >= 15 is 0 Å². The van der Waals surface area contributed by atoms with E-state index in [-0.39, 0.29) is 34.2 Å². The minimum Gasteiger partial charge on any atom is -0.542 e. The summed E-state index contributed by atoms with van der Waals surface area (Å²) in [5.41, 5.74) is 14.4. The second kappa shape index (κ2) is 15.7. The maximum Gasteiger partial charge on any atom is 0.430 e. The predicted octanol–water partition coefficient (Wildman–Crippen LogP) is 4.28. The van der Waals surface area contributed by atoms with Crippen molar-refractivity contribution in [1.29, 1.82) is 0 Å². The topological polar surface area (TPSA) is 144 Å². The predicted molar refractivity (Wildman–Crippen MR) is 160 cm³/mol. The molecule has 2 aromatic carbocycles. The highest BCUT2D eigenvalue weighted by molar-refractivity contribution is 6.31. The SMILES string of the molecule is COc1ccc(CCC[N+]2(CCc3ccccc3)CCCC(CC(=O)c3nc(Cl)c(N)nc3N)C2)cc1.O=C([O-])C(F)(F)F. The largest absolute Gasteiger partial charge is 0.542 e. The number of aliphatic carboxylic acids is 1. The molecule has 2 heterocycles. The maximum atomic E-state index is 13.1. The molecule has 1 aromatic heterocycles. The number of carbonyl (C=O) groups excluding carboxylic acids is 2. The van der Waals surface area contributed by atoms with E-state index in [1.165, 1.54) is 11.1 Å². The fourth-order valence-corrected chi connectivity index (χ4v) is 5.68. The Balaban J connectivity index is 0.000000676. The number of nitrogens with zero attached hydrogens (tertiary/aromatic N) is 3. The molecule has 0 spiro atoms.